The van der Waals surface area contributed by atoms with Crippen molar-refractivity contribution in [2.45, 2.75) is 104 Å². The summed E-state index contributed by atoms with van der Waals surface area (Å²) in [5.41, 5.74) is 7.38. The molecule has 0 spiro atoms. The second kappa shape index (κ2) is 9.22. The highest BCUT2D eigenvalue weighted by atomic mass is 14.9. The topological polar surface area (TPSA) is 38.0 Å². The Hall–Kier alpha value is -0.0800. The SMILES string of the molecule is CCCNCCC(C)CC1[C@@H](CC)CCCC2(N)CC2CC1(C)CC. The summed E-state index contributed by atoms with van der Waals surface area (Å²) in [6, 6.07) is 0. The summed E-state index contributed by atoms with van der Waals surface area (Å²) >= 11 is 0. The van der Waals surface area contributed by atoms with Gasteiger partial charge in [0.25, 0.3) is 0 Å². The van der Waals surface area contributed by atoms with Crippen molar-refractivity contribution < 1.29 is 0 Å². The zero-order chi connectivity index (χ0) is 18.5. The predicted octanol–water partition coefficient (Wildman–Crippen LogP) is 5.75. The molecule has 0 radical (unpaired) electrons. The van der Waals surface area contributed by atoms with Crippen LogP contribution in [0.15, 0.2) is 0 Å². The molecule has 6 atom stereocenters. The van der Waals surface area contributed by atoms with Gasteiger partial charge in [-0.05, 0) is 80.7 Å². The molecule has 5 unspecified atom stereocenters. The zero-order valence-corrected chi connectivity index (χ0v) is 17.9. The highest BCUT2D eigenvalue weighted by Crippen LogP contribution is 2.57. The molecule has 2 saturated carbocycles. The Morgan fingerprint density at radius 1 is 1.16 bits per heavy atom. The van der Waals surface area contributed by atoms with Crippen molar-refractivity contribution in [3.8, 4) is 0 Å². The Morgan fingerprint density at radius 2 is 1.92 bits per heavy atom. The molecule has 25 heavy (non-hydrogen) atoms. The van der Waals surface area contributed by atoms with Gasteiger partial charge in [0.15, 0.2) is 0 Å². The Kier molecular flexibility index (Phi) is 7.83. The van der Waals surface area contributed by atoms with Gasteiger partial charge >= 0.3 is 0 Å². The summed E-state index contributed by atoms with van der Waals surface area (Å²) in [7, 11) is 0. The Bertz CT molecular complexity index is 396. The monoisotopic (exact) mass is 350 g/mol. The van der Waals surface area contributed by atoms with Crippen molar-refractivity contribution in [3.05, 3.63) is 0 Å². The number of nitrogens with two attached hydrogens (primary N) is 1. The maximum atomic E-state index is 6.69. The van der Waals surface area contributed by atoms with Crippen LogP contribution >= 0.6 is 0 Å². The first-order chi connectivity index (χ1) is 11.9. The predicted molar refractivity (Wildman–Crippen MR) is 111 cm³/mol. The van der Waals surface area contributed by atoms with Crippen LogP contribution in [0.1, 0.15) is 98.8 Å². The Morgan fingerprint density at radius 3 is 2.56 bits per heavy atom. The number of fused-ring (bicyclic) bond motifs is 1. The van der Waals surface area contributed by atoms with E-state index in [0.29, 0.717) is 5.41 Å². The molecule has 0 aromatic heterocycles. The van der Waals surface area contributed by atoms with Crippen molar-refractivity contribution in [2.24, 2.45) is 34.8 Å². The highest BCUT2D eigenvalue weighted by molar-refractivity contribution is 5.10. The minimum absolute atomic E-state index is 0.208. The van der Waals surface area contributed by atoms with Crippen LogP contribution in [0, 0.1) is 29.1 Å². The minimum Gasteiger partial charge on any atom is -0.325 e. The first-order valence-corrected chi connectivity index (χ1v) is 11.4. The first kappa shape index (κ1) is 21.2. The number of rotatable bonds is 9. The van der Waals surface area contributed by atoms with Crippen molar-refractivity contribution in [2.75, 3.05) is 13.1 Å². The van der Waals surface area contributed by atoms with Gasteiger partial charge in [-0.3, -0.25) is 0 Å². The second-order valence-electron chi connectivity index (χ2n) is 9.89. The van der Waals surface area contributed by atoms with Gasteiger partial charge < -0.3 is 11.1 Å². The van der Waals surface area contributed by atoms with Crippen LogP contribution in [-0.4, -0.2) is 18.6 Å². The summed E-state index contributed by atoms with van der Waals surface area (Å²) < 4.78 is 0. The van der Waals surface area contributed by atoms with Crippen LogP contribution in [0.4, 0.5) is 0 Å². The van der Waals surface area contributed by atoms with Gasteiger partial charge in [0.05, 0.1) is 0 Å². The molecular formula is C23H46N2. The number of hydrogen-bond acceptors (Lipinski definition) is 2. The van der Waals surface area contributed by atoms with E-state index in [1.54, 1.807) is 0 Å². The molecule has 2 fully saturated rings. The molecule has 0 saturated heterocycles. The maximum absolute atomic E-state index is 6.69. The van der Waals surface area contributed by atoms with Crippen LogP contribution in [0.25, 0.3) is 0 Å². The van der Waals surface area contributed by atoms with E-state index in [-0.39, 0.29) is 5.54 Å². The fourth-order valence-corrected chi connectivity index (χ4v) is 5.73. The van der Waals surface area contributed by atoms with Gasteiger partial charge in [-0.25, -0.2) is 0 Å². The number of nitrogens with one attached hydrogen (secondary N) is 1. The average molecular weight is 351 g/mol. The lowest BCUT2D eigenvalue weighted by atomic mass is 9.62. The molecule has 0 aromatic carbocycles. The van der Waals surface area contributed by atoms with Crippen LogP contribution in [0.3, 0.4) is 0 Å². The van der Waals surface area contributed by atoms with Gasteiger partial charge in [-0.15, -0.1) is 0 Å². The van der Waals surface area contributed by atoms with E-state index in [9.17, 15) is 0 Å². The highest BCUT2D eigenvalue weighted by Gasteiger charge is 2.54. The summed E-state index contributed by atoms with van der Waals surface area (Å²) in [5.74, 6) is 3.41. The van der Waals surface area contributed by atoms with Crippen LogP contribution in [0.2, 0.25) is 0 Å². The Labute approximate surface area is 158 Å². The fourth-order valence-electron chi connectivity index (χ4n) is 5.73. The first-order valence-electron chi connectivity index (χ1n) is 11.4. The van der Waals surface area contributed by atoms with Crippen molar-refractivity contribution >= 4 is 0 Å². The summed E-state index contributed by atoms with van der Waals surface area (Å²) in [6.45, 7) is 14.6. The van der Waals surface area contributed by atoms with Crippen molar-refractivity contribution in [3.63, 3.8) is 0 Å². The van der Waals surface area contributed by atoms with E-state index in [1.165, 1.54) is 77.3 Å². The minimum atomic E-state index is 0.208. The lowest BCUT2D eigenvalue weighted by Crippen LogP contribution is -2.35. The van der Waals surface area contributed by atoms with Crippen LogP contribution in [0.5, 0.6) is 0 Å². The molecular weight excluding hydrogens is 304 g/mol. The van der Waals surface area contributed by atoms with Crippen molar-refractivity contribution in [1.29, 1.82) is 0 Å². The lowest BCUT2D eigenvalue weighted by molar-refractivity contribution is 0.0655. The van der Waals surface area contributed by atoms with E-state index in [0.717, 1.165) is 23.7 Å². The summed E-state index contributed by atoms with van der Waals surface area (Å²) in [4.78, 5) is 0. The van der Waals surface area contributed by atoms with Crippen molar-refractivity contribution in [1.82, 2.24) is 5.32 Å². The molecule has 3 N–H and O–H groups in total. The molecule has 0 bridgehead atoms. The smallest absolute Gasteiger partial charge is 0.0187 e. The van der Waals surface area contributed by atoms with Gasteiger partial charge in [0.2, 0.25) is 0 Å². The van der Waals surface area contributed by atoms with E-state index < -0.39 is 0 Å². The molecule has 0 amide bonds. The third-order valence-corrected chi connectivity index (χ3v) is 7.90. The standard InChI is InChI=1S/C23H46N2/c1-6-13-25-14-11-18(4)15-21-19(7-2)10-9-12-23(24)17-20(23)16-22(21,5)8-3/h18-21,25H,6-17,24H2,1-5H3/t18?,19-,20?,21?,22?,23?/m0/s1. The maximum Gasteiger partial charge on any atom is 0.0187 e. The van der Waals surface area contributed by atoms with Gasteiger partial charge in [0, 0.05) is 5.54 Å². The second-order valence-corrected chi connectivity index (χ2v) is 9.89. The Balaban J connectivity index is 2.05. The molecule has 2 rings (SSSR count). The summed E-state index contributed by atoms with van der Waals surface area (Å²) in [6.07, 6.45) is 13.4. The van der Waals surface area contributed by atoms with Crippen LogP contribution < -0.4 is 11.1 Å². The van der Waals surface area contributed by atoms with Gasteiger partial charge in [-0.2, -0.15) is 0 Å². The largest absolute Gasteiger partial charge is 0.325 e. The lowest BCUT2D eigenvalue weighted by Gasteiger charge is -2.43. The molecule has 0 aromatic rings. The van der Waals surface area contributed by atoms with Gasteiger partial charge in [0.1, 0.15) is 0 Å². The molecule has 0 aliphatic heterocycles. The molecule has 2 nitrogen and oxygen atoms in total. The average Bonchev–Trinajstić information content (AvgIpc) is 3.21. The quantitative estimate of drug-likeness (QED) is 0.519. The summed E-state index contributed by atoms with van der Waals surface area (Å²) in [5, 5.41) is 3.60. The molecule has 2 aliphatic carbocycles. The van der Waals surface area contributed by atoms with E-state index in [4.69, 9.17) is 5.73 Å². The fraction of sp³-hybridized carbons (Fsp3) is 1.00. The van der Waals surface area contributed by atoms with E-state index >= 15 is 0 Å². The normalized spacial score (nSPS) is 39.8. The molecule has 0 heterocycles. The molecule has 2 aliphatic rings. The van der Waals surface area contributed by atoms with Gasteiger partial charge in [-0.1, -0.05) is 60.3 Å². The van der Waals surface area contributed by atoms with E-state index in [2.05, 4.69) is 39.9 Å². The van der Waals surface area contributed by atoms with E-state index in [1.807, 2.05) is 0 Å². The third kappa shape index (κ3) is 5.45. The molecule has 2 heteroatoms. The molecule has 148 valence electrons. The third-order valence-electron chi connectivity index (χ3n) is 7.90. The zero-order valence-electron chi connectivity index (χ0n) is 17.9. The number of hydrogen-bond donors (Lipinski definition) is 2. The van der Waals surface area contributed by atoms with Crippen LogP contribution in [-0.2, 0) is 0 Å².